The van der Waals surface area contributed by atoms with Crippen molar-refractivity contribution in [3.05, 3.63) is 84.3 Å². The van der Waals surface area contributed by atoms with Crippen LogP contribution < -0.4 is 4.90 Å². The largest absolute Gasteiger partial charge is 0.337 e. The monoisotopic (exact) mass is 386 g/mol. The Morgan fingerprint density at radius 3 is 2.41 bits per heavy atom. The fourth-order valence-corrected chi connectivity index (χ4v) is 3.79. The zero-order chi connectivity index (χ0) is 20.1. The average Bonchev–Trinajstić information content (AvgIpc) is 2.78. The number of hydrogen-bond acceptors (Lipinski definition) is 4. The first-order chi connectivity index (χ1) is 14.2. The minimum absolute atomic E-state index is 0.0232. The Morgan fingerprint density at radius 2 is 1.76 bits per heavy atom. The number of piperidine rings is 1. The van der Waals surface area contributed by atoms with Crippen molar-refractivity contribution >= 4 is 17.4 Å². The van der Waals surface area contributed by atoms with Gasteiger partial charge in [0, 0.05) is 25.3 Å². The second kappa shape index (κ2) is 8.86. The van der Waals surface area contributed by atoms with Gasteiger partial charge in [-0.05, 0) is 36.5 Å². The molecule has 0 spiro atoms. The van der Waals surface area contributed by atoms with E-state index in [0.29, 0.717) is 18.2 Å². The number of likely N-dealkylation sites (tertiary alicyclic amines) is 1. The Labute approximate surface area is 172 Å². The van der Waals surface area contributed by atoms with Gasteiger partial charge in [0.25, 0.3) is 5.91 Å². The van der Waals surface area contributed by atoms with Crippen molar-refractivity contribution in [3.63, 3.8) is 0 Å². The van der Waals surface area contributed by atoms with Gasteiger partial charge in [0.1, 0.15) is 5.69 Å². The molecule has 1 amide bonds. The first-order valence-corrected chi connectivity index (χ1v) is 10.2. The van der Waals surface area contributed by atoms with Crippen LogP contribution in [0, 0.1) is 5.92 Å². The standard InChI is InChI=1S/C24H26N4O/c1-19-9-8-14-27(17-19)24(29)22-15-26-23(16-25-22)28(21-12-6-3-7-13-21)18-20-10-4-2-5-11-20/h2-7,10-13,15-16,19H,8-9,14,17-18H2,1H3. The van der Waals surface area contributed by atoms with E-state index in [1.165, 1.54) is 12.0 Å². The number of benzene rings is 2. The number of rotatable bonds is 5. The molecule has 0 radical (unpaired) electrons. The fourth-order valence-electron chi connectivity index (χ4n) is 3.79. The van der Waals surface area contributed by atoms with E-state index in [1.807, 2.05) is 41.3 Å². The van der Waals surface area contributed by atoms with Crippen molar-refractivity contribution in [2.45, 2.75) is 26.3 Å². The summed E-state index contributed by atoms with van der Waals surface area (Å²) in [4.78, 5) is 25.9. The van der Waals surface area contributed by atoms with Gasteiger partial charge in [-0.3, -0.25) is 4.79 Å². The van der Waals surface area contributed by atoms with Crippen LogP contribution in [0.5, 0.6) is 0 Å². The van der Waals surface area contributed by atoms with Crippen molar-refractivity contribution in [1.29, 1.82) is 0 Å². The van der Waals surface area contributed by atoms with Crippen LogP contribution in [0.3, 0.4) is 0 Å². The molecule has 1 fully saturated rings. The van der Waals surface area contributed by atoms with Crippen LogP contribution in [0.15, 0.2) is 73.1 Å². The highest BCUT2D eigenvalue weighted by Gasteiger charge is 2.23. The minimum Gasteiger partial charge on any atom is -0.337 e. The topological polar surface area (TPSA) is 49.3 Å². The molecule has 3 aromatic rings. The summed E-state index contributed by atoms with van der Waals surface area (Å²) in [7, 11) is 0. The van der Waals surface area contributed by atoms with E-state index in [2.05, 4.69) is 46.1 Å². The van der Waals surface area contributed by atoms with Crippen LogP contribution in [0.2, 0.25) is 0 Å². The van der Waals surface area contributed by atoms with Gasteiger partial charge in [0.2, 0.25) is 0 Å². The van der Waals surface area contributed by atoms with Crippen molar-refractivity contribution < 1.29 is 4.79 Å². The van der Waals surface area contributed by atoms with Crippen molar-refractivity contribution in [3.8, 4) is 0 Å². The molecule has 5 nitrogen and oxygen atoms in total. The van der Waals surface area contributed by atoms with Gasteiger partial charge in [-0.15, -0.1) is 0 Å². The van der Waals surface area contributed by atoms with E-state index in [4.69, 9.17) is 0 Å². The van der Waals surface area contributed by atoms with Crippen LogP contribution in [-0.2, 0) is 6.54 Å². The SMILES string of the molecule is CC1CCCN(C(=O)c2cnc(N(Cc3ccccc3)c3ccccc3)cn2)C1. The number of hydrogen-bond donors (Lipinski definition) is 0. The molecule has 0 N–H and O–H groups in total. The summed E-state index contributed by atoms with van der Waals surface area (Å²) in [6.07, 6.45) is 5.55. The lowest BCUT2D eigenvalue weighted by Gasteiger charge is -2.30. The first-order valence-electron chi connectivity index (χ1n) is 10.2. The third-order valence-corrected chi connectivity index (χ3v) is 5.33. The van der Waals surface area contributed by atoms with Crippen LogP contribution in [-0.4, -0.2) is 33.9 Å². The number of carbonyl (C=O) groups excluding carboxylic acids is 1. The number of aromatic nitrogens is 2. The number of amides is 1. The van der Waals surface area contributed by atoms with E-state index >= 15 is 0 Å². The zero-order valence-electron chi connectivity index (χ0n) is 16.7. The maximum atomic E-state index is 12.8. The molecule has 0 saturated carbocycles. The van der Waals surface area contributed by atoms with Gasteiger partial charge in [0.05, 0.1) is 12.4 Å². The van der Waals surface area contributed by atoms with E-state index in [-0.39, 0.29) is 5.91 Å². The molecular weight excluding hydrogens is 360 g/mol. The molecular formula is C24H26N4O. The van der Waals surface area contributed by atoms with Gasteiger partial charge in [-0.1, -0.05) is 55.5 Å². The fraction of sp³-hybridized carbons (Fsp3) is 0.292. The highest BCUT2D eigenvalue weighted by atomic mass is 16.2. The molecule has 1 atom stereocenters. The molecule has 1 aliphatic rings. The Morgan fingerprint density at radius 1 is 1.03 bits per heavy atom. The quantitative estimate of drug-likeness (QED) is 0.638. The molecule has 1 aliphatic heterocycles. The molecule has 5 heteroatoms. The van der Waals surface area contributed by atoms with E-state index in [9.17, 15) is 4.79 Å². The second-order valence-corrected chi connectivity index (χ2v) is 7.67. The summed E-state index contributed by atoms with van der Waals surface area (Å²) in [6, 6.07) is 20.4. The van der Waals surface area contributed by atoms with Gasteiger partial charge >= 0.3 is 0 Å². The van der Waals surface area contributed by atoms with Crippen molar-refractivity contribution in [1.82, 2.24) is 14.9 Å². The predicted octanol–water partition coefficient (Wildman–Crippen LogP) is 4.69. The van der Waals surface area contributed by atoms with Crippen molar-refractivity contribution in [2.24, 2.45) is 5.92 Å². The van der Waals surface area contributed by atoms with Crippen LogP contribution in [0.1, 0.15) is 35.8 Å². The lowest BCUT2D eigenvalue weighted by Crippen LogP contribution is -2.39. The van der Waals surface area contributed by atoms with E-state index in [1.54, 1.807) is 12.4 Å². The Kier molecular flexibility index (Phi) is 5.84. The van der Waals surface area contributed by atoms with Crippen LogP contribution in [0.25, 0.3) is 0 Å². The summed E-state index contributed by atoms with van der Waals surface area (Å²) in [5.41, 5.74) is 2.63. The summed E-state index contributed by atoms with van der Waals surface area (Å²) in [6.45, 7) is 4.47. The van der Waals surface area contributed by atoms with Gasteiger partial charge in [0.15, 0.2) is 5.82 Å². The Hall–Kier alpha value is -3.21. The minimum atomic E-state index is -0.0232. The summed E-state index contributed by atoms with van der Waals surface area (Å²) >= 11 is 0. The van der Waals surface area contributed by atoms with Crippen LogP contribution in [0.4, 0.5) is 11.5 Å². The average molecular weight is 386 g/mol. The zero-order valence-corrected chi connectivity index (χ0v) is 16.7. The third kappa shape index (κ3) is 4.62. The van der Waals surface area contributed by atoms with E-state index in [0.717, 1.165) is 31.0 Å². The third-order valence-electron chi connectivity index (χ3n) is 5.33. The maximum Gasteiger partial charge on any atom is 0.274 e. The first kappa shape index (κ1) is 19.1. The molecule has 2 heterocycles. The Bertz CT molecular complexity index is 928. The normalized spacial score (nSPS) is 16.4. The lowest BCUT2D eigenvalue weighted by molar-refractivity contribution is 0.0676. The number of carbonyl (C=O) groups is 1. The number of anilines is 2. The van der Waals surface area contributed by atoms with Gasteiger partial charge in [-0.25, -0.2) is 9.97 Å². The maximum absolute atomic E-state index is 12.8. The molecule has 2 aromatic carbocycles. The molecule has 29 heavy (non-hydrogen) atoms. The molecule has 0 aliphatic carbocycles. The molecule has 1 aromatic heterocycles. The molecule has 148 valence electrons. The smallest absolute Gasteiger partial charge is 0.274 e. The van der Waals surface area contributed by atoms with Crippen LogP contribution >= 0.6 is 0 Å². The molecule has 4 rings (SSSR count). The highest BCUT2D eigenvalue weighted by molar-refractivity contribution is 5.92. The summed E-state index contributed by atoms with van der Waals surface area (Å²) < 4.78 is 0. The molecule has 0 bridgehead atoms. The highest BCUT2D eigenvalue weighted by Crippen LogP contribution is 2.25. The van der Waals surface area contributed by atoms with E-state index < -0.39 is 0 Å². The molecule has 1 saturated heterocycles. The van der Waals surface area contributed by atoms with Gasteiger partial charge < -0.3 is 9.80 Å². The number of nitrogens with zero attached hydrogens (tertiary/aromatic N) is 4. The van der Waals surface area contributed by atoms with Gasteiger partial charge in [-0.2, -0.15) is 0 Å². The lowest BCUT2D eigenvalue weighted by atomic mass is 10.0. The summed E-state index contributed by atoms with van der Waals surface area (Å²) in [5, 5.41) is 0. The van der Waals surface area contributed by atoms with Crippen molar-refractivity contribution in [2.75, 3.05) is 18.0 Å². The molecule has 1 unspecified atom stereocenters. The summed E-state index contributed by atoms with van der Waals surface area (Å²) in [5.74, 6) is 1.24. The second-order valence-electron chi connectivity index (χ2n) is 7.67. The predicted molar refractivity (Wildman–Crippen MR) is 115 cm³/mol. The Balaban J connectivity index is 1.57. The number of para-hydroxylation sites is 1.